The first-order chi connectivity index (χ1) is 15.7. The molecule has 7 heteroatoms. The van der Waals surface area contributed by atoms with E-state index in [1.54, 1.807) is 6.26 Å². The summed E-state index contributed by atoms with van der Waals surface area (Å²) in [6, 6.07) is 19.8. The fourth-order valence-corrected chi connectivity index (χ4v) is 4.89. The SMILES string of the molecule is Cc1ccc(-c2csc3nc4c5ccccc5c(NCc5ccco5)nn4c(=O)c23)cc1. The second-order valence-electron chi connectivity index (χ2n) is 7.68. The Morgan fingerprint density at radius 2 is 1.84 bits per heavy atom. The molecule has 0 unspecified atom stereocenters. The summed E-state index contributed by atoms with van der Waals surface area (Å²) in [5.41, 5.74) is 3.44. The number of fused-ring (bicyclic) bond motifs is 4. The largest absolute Gasteiger partial charge is 0.467 e. The van der Waals surface area contributed by atoms with E-state index in [9.17, 15) is 4.79 Å². The molecule has 6 nitrogen and oxygen atoms in total. The highest BCUT2D eigenvalue weighted by Crippen LogP contribution is 2.32. The molecule has 6 rings (SSSR count). The molecule has 6 aromatic rings. The molecule has 0 amide bonds. The Morgan fingerprint density at radius 1 is 1.03 bits per heavy atom. The molecule has 4 aromatic heterocycles. The van der Waals surface area contributed by atoms with Crippen molar-refractivity contribution in [3.05, 3.63) is 94.0 Å². The minimum Gasteiger partial charge on any atom is -0.467 e. The van der Waals surface area contributed by atoms with Crippen molar-refractivity contribution in [1.29, 1.82) is 0 Å². The van der Waals surface area contributed by atoms with Crippen LogP contribution in [-0.2, 0) is 6.54 Å². The van der Waals surface area contributed by atoms with Gasteiger partial charge in [-0.3, -0.25) is 4.79 Å². The summed E-state index contributed by atoms with van der Waals surface area (Å²) in [4.78, 5) is 19.2. The lowest BCUT2D eigenvalue weighted by molar-refractivity contribution is 0.517. The summed E-state index contributed by atoms with van der Waals surface area (Å²) < 4.78 is 6.85. The molecule has 156 valence electrons. The maximum Gasteiger partial charge on any atom is 0.283 e. The Hall–Kier alpha value is -3.97. The van der Waals surface area contributed by atoms with Crippen LogP contribution in [0.2, 0.25) is 0 Å². The smallest absolute Gasteiger partial charge is 0.283 e. The second kappa shape index (κ2) is 7.32. The van der Waals surface area contributed by atoms with Crippen molar-refractivity contribution in [2.45, 2.75) is 13.5 Å². The third-order valence-corrected chi connectivity index (χ3v) is 6.45. The van der Waals surface area contributed by atoms with E-state index in [4.69, 9.17) is 9.40 Å². The quantitative estimate of drug-likeness (QED) is 0.361. The van der Waals surface area contributed by atoms with Gasteiger partial charge in [-0.05, 0) is 24.6 Å². The summed E-state index contributed by atoms with van der Waals surface area (Å²) in [6.07, 6.45) is 1.64. The van der Waals surface area contributed by atoms with Crippen LogP contribution in [0.15, 0.2) is 81.5 Å². The van der Waals surface area contributed by atoms with Gasteiger partial charge in [0, 0.05) is 21.7 Å². The predicted octanol–water partition coefficient (Wildman–Crippen LogP) is 5.64. The van der Waals surface area contributed by atoms with Gasteiger partial charge in [-0.25, -0.2) is 4.98 Å². The van der Waals surface area contributed by atoms with Gasteiger partial charge in [0.2, 0.25) is 0 Å². The number of furan rings is 1. The number of rotatable bonds is 4. The first-order valence-corrected chi connectivity index (χ1v) is 11.1. The van der Waals surface area contributed by atoms with Crippen LogP contribution < -0.4 is 10.9 Å². The molecule has 0 saturated heterocycles. The van der Waals surface area contributed by atoms with Gasteiger partial charge in [-0.15, -0.1) is 16.4 Å². The van der Waals surface area contributed by atoms with Gasteiger partial charge in [0.25, 0.3) is 5.56 Å². The van der Waals surface area contributed by atoms with Gasteiger partial charge >= 0.3 is 0 Å². The normalized spacial score (nSPS) is 11.5. The second-order valence-corrected chi connectivity index (χ2v) is 8.53. The maximum atomic E-state index is 13.7. The zero-order chi connectivity index (χ0) is 21.7. The number of aromatic nitrogens is 3. The van der Waals surface area contributed by atoms with E-state index in [0.29, 0.717) is 28.2 Å². The lowest BCUT2D eigenvalue weighted by Gasteiger charge is -2.11. The van der Waals surface area contributed by atoms with Crippen LogP contribution in [0.3, 0.4) is 0 Å². The first kappa shape index (κ1) is 18.8. The number of aryl methyl sites for hydroxylation is 1. The zero-order valence-electron chi connectivity index (χ0n) is 17.2. The highest BCUT2D eigenvalue weighted by molar-refractivity contribution is 7.17. The molecule has 1 N–H and O–H groups in total. The molecule has 0 bridgehead atoms. The molecule has 0 saturated carbocycles. The molecule has 4 heterocycles. The van der Waals surface area contributed by atoms with E-state index in [-0.39, 0.29) is 5.56 Å². The minimum atomic E-state index is -0.173. The highest BCUT2D eigenvalue weighted by atomic mass is 32.1. The van der Waals surface area contributed by atoms with Crippen LogP contribution in [0.5, 0.6) is 0 Å². The van der Waals surface area contributed by atoms with E-state index in [1.807, 2.05) is 73.0 Å². The number of nitrogens with one attached hydrogen (secondary N) is 1. The van der Waals surface area contributed by atoms with Crippen molar-refractivity contribution in [2.24, 2.45) is 0 Å². The summed E-state index contributed by atoms with van der Waals surface area (Å²) in [6.45, 7) is 2.51. The van der Waals surface area contributed by atoms with Gasteiger partial charge in [0.05, 0.1) is 18.2 Å². The van der Waals surface area contributed by atoms with Gasteiger partial charge in [0.1, 0.15) is 10.6 Å². The van der Waals surface area contributed by atoms with E-state index < -0.39 is 0 Å². The van der Waals surface area contributed by atoms with Crippen LogP contribution in [0.4, 0.5) is 5.82 Å². The van der Waals surface area contributed by atoms with Crippen LogP contribution in [0.25, 0.3) is 37.8 Å². The monoisotopic (exact) mass is 438 g/mol. The average Bonchev–Trinajstić information content (AvgIpc) is 3.49. The Bertz CT molecular complexity index is 1650. The first-order valence-electron chi connectivity index (χ1n) is 10.3. The topological polar surface area (TPSA) is 72.4 Å². The van der Waals surface area contributed by atoms with Crippen molar-refractivity contribution >= 4 is 43.8 Å². The third kappa shape index (κ3) is 2.98. The van der Waals surface area contributed by atoms with Crippen LogP contribution in [0, 0.1) is 6.92 Å². The number of hydrogen-bond acceptors (Lipinski definition) is 6. The van der Waals surface area contributed by atoms with Crippen molar-refractivity contribution < 1.29 is 4.42 Å². The Kier molecular flexibility index (Phi) is 4.29. The molecule has 0 radical (unpaired) electrons. The summed E-state index contributed by atoms with van der Waals surface area (Å²) in [5, 5.41) is 12.4. The van der Waals surface area contributed by atoms with Crippen molar-refractivity contribution in [3.8, 4) is 11.1 Å². The van der Waals surface area contributed by atoms with Crippen molar-refractivity contribution in [3.63, 3.8) is 0 Å². The van der Waals surface area contributed by atoms with E-state index in [2.05, 4.69) is 10.4 Å². The Morgan fingerprint density at radius 3 is 2.62 bits per heavy atom. The Labute approximate surface area is 186 Å². The Balaban J connectivity index is 1.60. The van der Waals surface area contributed by atoms with Crippen LogP contribution in [0.1, 0.15) is 11.3 Å². The molecule has 0 aliphatic carbocycles. The standard InChI is InChI=1S/C25H18N4O2S/c1-15-8-10-16(11-9-15)20-14-32-24-21(20)25(30)29-23(27-24)19-7-3-2-6-18(19)22(28-29)26-13-17-5-4-12-31-17/h2-12,14H,13H2,1H3,(H,26,28). The van der Waals surface area contributed by atoms with Crippen molar-refractivity contribution in [1.82, 2.24) is 14.6 Å². The molecule has 2 aromatic carbocycles. The number of thiophene rings is 1. The molecule has 0 aliphatic heterocycles. The number of hydrogen-bond donors (Lipinski definition) is 1. The number of benzene rings is 2. The summed E-state index contributed by atoms with van der Waals surface area (Å²) in [7, 11) is 0. The van der Waals surface area contributed by atoms with Gasteiger partial charge < -0.3 is 9.73 Å². The molecule has 32 heavy (non-hydrogen) atoms. The lowest BCUT2D eigenvalue weighted by atomic mass is 10.1. The molecule has 0 atom stereocenters. The van der Waals surface area contributed by atoms with Gasteiger partial charge in [-0.2, -0.15) is 4.52 Å². The van der Waals surface area contributed by atoms with E-state index in [0.717, 1.165) is 27.7 Å². The fourth-order valence-electron chi connectivity index (χ4n) is 3.95. The predicted molar refractivity (Wildman–Crippen MR) is 128 cm³/mol. The minimum absolute atomic E-state index is 0.173. The zero-order valence-corrected chi connectivity index (χ0v) is 18.0. The molecule has 0 fully saturated rings. The maximum absolute atomic E-state index is 13.7. The van der Waals surface area contributed by atoms with Gasteiger partial charge in [-0.1, -0.05) is 54.1 Å². The van der Waals surface area contributed by atoms with E-state index >= 15 is 0 Å². The molecular weight excluding hydrogens is 420 g/mol. The van der Waals surface area contributed by atoms with Crippen LogP contribution in [-0.4, -0.2) is 14.6 Å². The molecule has 0 spiro atoms. The van der Waals surface area contributed by atoms with Crippen molar-refractivity contribution in [2.75, 3.05) is 5.32 Å². The average molecular weight is 439 g/mol. The summed E-state index contributed by atoms with van der Waals surface area (Å²) >= 11 is 1.48. The van der Waals surface area contributed by atoms with Gasteiger partial charge in [0.15, 0.2) is 11.5 Å². The summed E-state index contributed by atoms with van der Waals surface area (Å²) in [5.74, 6) is 1.40. The fraction of sp³-hybridized carbons (Fsp3) is 0.0800. The highest BCUT2D eigenvalue weighted by Gasteiger charge is 2.18. The number of anilines is 1. The molecular formula is C25H18N4O2S. The molecule has 0 aliphatic rings. The van der Waals surface area contributed by atoms with E-state index in [1.165, 1.54) is 21.4 Å². The number of nitrogens with zero attached hydrogens (tertiary/aromatic N) is 3. The van der Waals surface area contributed by atoms with Crippen LogP contribution >= 0.6 is 11.3 Å². The lowest BCUT2D eigenvalue weighted by Crippen LogP contribution is -2.19. The third-order valence-electron chi connectivity index (χ3n) is 5.58.